The molecule has 2 fully saturated rings. The minimum Gasteiger partial charge on any atom is -0.333 e. The number of carbonyl (C=O) groups is 2. The van der Waals surface area contributed by atoms with Gasteiger partial charge in [-0.25, -0.2) is 4.98 Å². The first kappa shape index (κ1) is 15.0. The minimum atomic E-state index is -0.0560. The first-order valence-electron chi connectivity index (χ1n) is 8.11. The summed E-state index contributed by atoms with van der Waals surface area (Å²) in [6, 6.07) is -0.0560. The number of carbonyl (C=O) groups excluding carboxylic acids is 2. The third-order valence-corrected chi connectivity index (χ3v) is 4.48. The van der Waals surface area contributed by atoms with Gasteiger partial charge in [0.15, 0.2) is 5.82 Å². The van der Waals surface area contributed by atoms with Crippen molar-refractivity contribution in [3.8, 4) is 0 Å². The van der Waals surface area contributed by atoms with E-state index in [0.717, 1.165) is 44.5 Å². The molecule has 7 heteroatoms. The first-order valence-corrected chi connectivity index (χ1v) is 8.11. The number of hydrogen-bond donors (Lipinski definition) is 1. The van der Waals surface area contributed by atoms with Crippen molar-refractivity contribution < 1.29 is 9.59 Å². The summed E-state index contributed by atoms with van der Waals surface area (Å²) in [6.07, 6.45) is 5.40. The maximum atomic E-state index is 12.6. The van der Waals surface area contributed by atoms with Gasteiger partial charge in [0.1, 0.15) is 5.82 Å². The molecular formula is C15H23N5O2. The zero-order valence-corrected chi connectivity index (χ0v) is 13.0. The van der Waals surface area contributed by atoms with Crippen LogP contribution in [0.2, 0.25) is 0 Å². The number of nitrogens with zero attached hydrogens (tertiary/aromatic N) is 4. The number of hydrogen-bond acceptors (Lipinski definition) is 4. The van der Waals surface area contributed by atoms with Gasteiger partial charge in [-0.3, -0.25) is 14.7 Å². The molecule has 0 saturated carbocycles. The van der Waals surface area contributed by atoms with Gasteiger partial charge < -0.3 is 9.80 Å². The molecule has 1 aromatic heterocycles. The van der Waals surface area contributed by atoms with Crippen molar-refractivity contribution in [2.45, 2.75) is 51.5 Å². The molecule has 3 rings (SSSR count). The molecule has 120 valence electrons. The summed E-state index contributed by atoms with van der Waals surface area (Å²) >= 11 is 0. The number of H-pyrrole nitrogens is 1. The van der Waals surface area contributed by atoms with Crippen LogP contribution in [-0.4, -0.2) is 56.4 Å². The second-order valence-corrected chi connectivity index (χ2v) is 6.15. The lowest BCUT2D eigenvalue weighted by Crippen LogP contribution is -2.42. The van der Waals surface area contributed by atoms with Crippen LogP contribution in [0.1, 0.15) is 56.2 Å². The largest absolute Gasteiger partial charge is 0.333 e. The van der Waals surface area contributed by atoms with Crippen LogP contribution in [0.25, 0.3) is 0 Å². The van der Waals surface area contributed by atoms with Gasteiger partial charge in [0.2, 0.25) is 11.8 Å². The molecule has 0 aromatic carbocycles. The lowest BCUT2D eigenvalue weighted by molar-refractivity contribution is -0.140. The van der Waals surface area contributed by atoms with E-state index in [-0.39, 0.29) is 24.4 Å². The molecule has 1 atom stereocenters. The van der Waals surface area contributed by atoms with E-state index >= 15 is 0 Å². The Morgan fingerprint density at radius 1 is 1.27 bits per heavy atom. The van der Waals surface area contributed by atoms with E-state index in [9.17, 15) is 9.59 Å². The molecule has 0 aliphatic carbocycles. The first-order chi connectivity index (χ1) is 10.6. The highest BCUT2D eigenvalue weighted by atomic mass is 16.2. The van der Waals surface area contributed by atoms with E-state index in [4.69, 9.17) is 0 Å². The summed E-state index contributed by atoms with van der Waals surface area (Å²) in [5.41, 5.74) is 0. The van der Waals surface area contributed by atoms with Crippen molar-refractivity contribution in [1.82, 2.24) is 25.0 Å². The predicted molar refractivity (Wildman–Crippen MR) is 79.9 cm³/mol. The molecule has 2 aliphatic heterocycles. The van der Waals surface area contributed by atoms with E-state index in [1.165, 1.54) is 0 Å². The van der Waals surface area contributed by atoms with Crippen LogP contribution in [0.3, 0.4) is 0 Å². The van der Waals surface area contributed by atoms with Crippen LogP contribution in [0.5, 0.6) is 0 Å². The summed E-state index contributed by atoms with van der Waals surface area (Å²) in [7, 11) is 0. The fraction of sp³-hybridized carbons (Fsp3) is 0.733. The van der Waals surface area contributed by atoms with E-state index in [2.05, 4.69) is 15.2 Å². The van der Waals surface area contributed by atoms with Crippen molar-refractivity contribution in [2.24, 2.45) is 0 Å². The lowest BCUT2D eigenvalue weighted by Gasteiger charge is -2.27. The summed E-state index contributed by atoms with van der Waals surface area (Å²) in [6.45, 7) is 3.47. The van der Waals surface area contributed by atoms with Crippen LogP contribution in [-0.2, 0) is 9.59 Å². The topological polar surface area (TPSA) is 82.2 Å². The number of amides is 2. The van der Waals surface area contributed by atoms with Gasteiger partial charge in [-0.05, 0) is 32.6 Å². The SMILES string of the molecule is Cc1nc([C@H]2CCCN2C(=O)CN2CCCCCC2=O)n[nH]1. The maximum absolute atomic E-state index is 12.6. The third-order valence-electron chi connectivity index (χ3n) is 4.48. The average Bonchev–Trinajstić information content (AvgIpc) is 3.09. The van der Waals surface area contributed by atoms with Crippen LogP contribution in [0, 0.1) is 6.92 Å². The van der Waals surface area contributed by atoms with Gasteiger partial charge in [-0.2, -0.15) is 5.10 Å². The maximum Gasteiger partial charge on any atom is 0.242 e. The number of rotatable bonds is 3. The molecule has 2 amide bonds. The van der Waals surface area contributed by atoms with Crippen molar-refractivity contribution in [3.63, 3.8) is 0 Å². The summed E-state index contributed by atoms with van der Waals surface area (Å²) in [5, 5.41) is 7.03. The molecule has 2 saturated heterocycles. The second kappa shape index (κ2) is 6.46. The van der Waals surface area contributed by atoms with Crippen LogP contribution < -0.4 is 0 Å². The van der Waals surface area contributed by atoms with Crippen molar-refractivity contribution >= 4 is 11.8 Å². The molecule has 22 heavy (non-hydrogen) atoms. The number of aromatic amines is 1. The molecule has 0 bridgehead atoms. The minimum absolute atomic E-state index is 0.0141. The Morgan fingerprint density at radius 2 is 2.14 bits per heavy atom. The quantitative estimate of drug-likeness (QED) is 0.909. The van der Waals surface area contributed by atoms with E-state index in [1.807, 2.05) is 11.8 Å². The standard InChI is InChI=1S/C15H23N5O2/c1-11-16-15(18-17-11)12-6-5-9-20(12)14(22)10-19-8-4-2-3-7-13(19)21/h12H,2-10H2,1H3,(H,16,17,18)/t12-/m1/s1. The summed E-state index contributed by atoms with van der Waals surface area (Å²) < 4.78 is 0. The molecule has 3 heterocycles. The Labute approximate surface area is 130 Å². The Balaban J connectivity index is 1.66. The van der Waals surface area contributed by atoms with Gasteiger partial charge in [0, 0.05) is 19.5 Å². The lowest BCUT2D eigenvalue weighted by atomic mass is 10.2. The van der Waals surface area contributed by atoms with Gasteiger partial charge in [0.25, 0.3) is 0 Å². The van der Waals surface area contributed by atoms with Crippen molar-refractivity contribution in [2.75, 3.05) is 19.6 Å². The Morgan fingerprint density at radius 3 is 2.91 bits per heavy atom. The molecule has 1 N–H and O–H groups in total. The highest BCUT2D eigenvalue weighted by Gasteiger charge is 2.33. The van der Waals surface area contributed by atoms with Gasteiger partial charge in [0.05, 0.1) is 12.6 Å². The normalized spacial score (nSPS) is 23.0. The number of likely N-dealkylation sites (tertiary alicyclic amines) is 2. The smallest absolute Gasteiger partial charge is 0.242 e. The van der Waals surface area contributed by atoms with Crippen LogP contribution in [0.4, 0.5) is 0 Å². The zero-order valence-electron chi connectivity index (χ0n) is 13.0. The Hall–Kier alpha value is -1.92. The van der Waals surface area contributed by atoms with Crippen molar-refractivity contribution in [3.05, 3.63) is 11.6 Å². The summed E-state index contributed by atoms with van der Waals surface area (Å²) in [5.74, 6) is 1.57. The fourth-order valence-corrected chi connectivity index (χ4v) is 3.30. The highest BCUT2D eigenvalue weighted by molar-refractivity contribution is 5.85. The average molecular weight is 305 g/mol. The van der Waals surface area contributed by atoms with Gasteiger partial charge >= 0.3 is 0 Å². The van der Waals surface area contributed by atoms with E-state index in [1.54, 1.807) is 4.90 Å². The zero-order chi connectivity index (χ0) is 15.5. The number of aromatic nitrogens is 3. The Bertz CT molecular complexity index is 556. The third kappa shape index (κ3) is 3.13. The highest BCUT2D eigenvalue weighted by Crippen LogP contribution is 2.30. The fourth-order valence-electron chi connectivity index (χ4n) is 3.30. The molecule has 7 nitrogen and oxygen atoms in total. The molecular weight excluding hydrogens is 282 g/mol. The second-order valence-electron chi connectivity index (χ2n) is 6.15. The molecule has 0 unspecified atom stereocenters. The molecule has 1 aromatic rings. The Kier molecular flexibility index (Phi) is 4.40. The van der Waals surface area contributed by atoms with Crippen molar-refractivity contribution in [1.29, 1.82) is 0 Å². The number of aryl methyl sites for hydroxylation is 1. The van der Waals surface area contributed by atoms with Crippen LogP contribution in [0.15, 0.2) is 0 Å². The van der Waals surface area contributed by atoms with E-state index in [0.29, 0.717) is 18.8 Å². The van der Waals surface area contributed by atoms with Crippen LogP contribution >= 0.6 is 0 Å². The van der Waals surface area contributed by atoms with Gasteiger partial charge in [-0.15, -0.1) is 0 Å². The molecule has 0 spiro atoms. The van der Waals surface area contributed by atoms with Gasteiger partial charge in [-0.1, -0.05) is 6.42 Å². The molecule has 2 aliphatic rings. The monoisotopic (exact) mass is 305 g/mol. The molecule has 0 radical (unpaired) electrons. The predicted octanol–water partition coefficient (Wildman–Crippen LogP) is 1.18. The summed E-state index contributed by atoms with van der Waals surface area (Å²) in [4.78, 5) is 32.6. The van der Waals surface area contributed by atoms with E-state index < -0.39 is 0 Å². The number of nitrogens with one attached hydrogen (secondary N) is 1.